The van der Waals surface area contributed by atoms with Crippen LogP contribution < -0.4 is 0 Å². The van der Waals surface area contributed by atoms with Gasteiger partial charge in [-0.1, -0.05) is 70.2 Å². The minimum Gasteiger partial charge on any atom is -0.385 e. The number of methoxy groups -OCH3 is 2. The summed E-state index contributed by atoms with van der Waals surface area (Å²) in [5.41, 5.74) is 0.370. The summed E-state index contributed by atoms with van der Waals surface area (Å²) in [4.78, 5) is 0. The second kappa shape index (κ2) is 26.5. The number of rotatable bonds is 7. The summed E-state index contributed by atoms with van der Waals surface area (Å²) in [7, 11) is 3.49. The first-order valence-corrected chi connectivity index (χ1v) is 6.02. The van der Waals surface area contributed by atoms with Crippen LogP contribution in [0.2, 0.25) is 0 Å². The van der Waals surface area contributed by atoms with E-state index in [0.29, 0.717) is 5.41 Å². The molecule has 0 heterocycles. The molecule has 2 heteroatoms. The van der Waals surface area contributed by atoms with Crippen LogP contribution in [0.5, 0.6) is 0 Å². The molecule has 0 aliphatic carbocycles. The van der Waals surface area contributed by atoms with E-state index in [1.807, 2.05) is 0 Å². The van der Waals surface area contributed by atoms with E-state index in [1.54, 1.807) is 14.2 Å². The standard InChI is InChI=1S/C7H16O.C6H14O.4CH4/c1-5-7(2,3)6-8-4;1-3-4-5-6-7-2;;;;/h5-6H2,1-4H3;3-6H2,1-2H3;4*1H4. The fourth-order valence-electron chi connectivity index (χ4n) is 0.989. The maximum Gasteiger partial charge on any atom is 0.0513 e. The van der Waals surface area contributed by atoms with Crippen LogP contribution in [-0.4, -0.2) is 27.4 Å². The van der Waals surface area contributed by atoms with E-state index >= 15 is 0 Å². The van der Waals surface area contributed by atoms with Crippen molar-refractivity contribution in [3.05, 3.63) is 0 Å². The third-order valence-corrected chi connectivity index (χ3v) is 2.44. The number of hydrogen-bond donors (Lipinski definition) is 0. The predicted octanol–water partition coefficient (Wildman–Crippen LogP) is 6.44. The van der Waals surface area contributed by atoms with Crippen molar-refractivity contribution >= 4 is 0 Å². The first-order valence-electron chi connectivity index (χ1n) is 6.02. The van der Waals surface area contributed by atoms with Gasteiger partial charge in [-0.05, 0) is 18.3 Å². The van der Waals surface area contributed by atoms with Gasteiger partial charge in [0.15, 0.2) is 0 Å². The van der Waals surface area contributed by atoms with Gasteiger partial charge in [0.05, 0.1) is 6.61 Å². The highest BCUT2D eigenvalue weighted by molar-refractivity contribution is 4.63. The lowest BCUT2D eigenvalue weighted by Gasteiger charge is -2.20. The topological polar surface area (TPSA) is 18.5 Å². The number of unbranched alkanes of at least 4 members (excludes halogenated alkanes) is 2. The first-order chi connectivity index (χ1) is 7.04. The third-order valence-electron chi connectivity index (χ3n) is 2.44. The average Bonchev–Trinajstić information content (AvgIpc) is 2.20. The second-order valence-corrected chi connectivity index (χ2v) is 4.65. The zero-order valence-electron chi connectivity index (χ0n) is 11.6. The molecule has 0 rings (SSSR count). The van der Waals surface area contributed by atoms with E-state index in [0.717, 1.165) is 13.2 Å². The van der Waals surface area contributed by atoms with Gasteiger partial charge < -0.3 is 9.47 Å². The summed E-state index contributed by atoms with van der Waals surface area (Å²) in [5.74, 6) is 0. The normalized spacial score (nSPS) is 8.53. The number of hydrogen-bond acceptors (Lipinski definition) is 2. The van der Waals surface area contributed by atoms with Gasteiger partial charge in [0.25, 0.3) is 0 Å². The van der Waals surface area contributed by atoms with Gasteiger partial charge in [-0.3, -0.25) is 0 Å². The molecule has 0 aliphatic rings. The molecule has 0 spiro atoms. The lowest BCUT2D eigenvalue weighted by Crippen LogP contribution is -2.16. The smallest absolute Gasteiger partial charge is 0.0513 e. The number of ether oxygens (including phenoxy) is 2. The van der Waals surface area contributed by atoms with Crippen molar-refractivity contribution in [2.75, 3.05) is 27.4 Å². The summed E-state index contributed by atoms with van der Waals surface area (Å²) in [6, 6.07) is 0. The molecule has 0 aliphatic heterocycles. The van der Waals surface area contributed by atoms with Crippen molar-refractivity contribution in [1.82, 2.24) is 0 Å². The fourth-order valence-corrected chi connectivity index (χ4v) is 0.989. The molecule has 2 nitrogen and oxygen atoms in total. The van der Waals surface area contributed by atoms with Gasteiger partial charge in [-0.25, -0.2) is 0 Å². The van der Waals surface area contributed by atoms with Crippen molar-refractivity contribution in [2.24, 2.45) is 5.41 Å². The highest BCUT2D eigenvalue weighted by Gasteiger charge is 2.13. The van der Waals surface area contributed by atoms with Gasteiger partial charge in [-0.2, -0.15) is 0 Å². The quantitative estimate of drug-likeness (QED) is 0.500. The Morgan fingerprint density at radius 3 is 1.47 bits per heavy atom. The van der Waals surface area contributed by atoms with E-state index in [2.05, 4.69) is 27.7 Å². The molecule has 19 heavy (non-hydrogen) atoms. The van der Waals surface area contributed by atoms with Crippen molar-refractivity contribution in [1.29, 1.82) is 0 Å². The summed E-state index contributed by atoms with van der Waals surface area (Å²) >= 11 is 0. The van der Waals surface area contributed by atoms with Crippen molar-refractivity contribution < 1.29 is 9.47 Å². The minimum atomic E-state index is 0. The Hall–Kier alpha value is -0.0800. The molecule has 0 amide bonds. The minimum absolute atomic E-state index is 0. The third kappa shape index (κ3) is 38.1. The second-order valence-electron chi connectivity index (χ2n) is 4.65. The molecule has 0 aromatic carbocycles. The summed E-state index contributed by atoms with van der Waals surface area (Å²) in [5, 5.41) is 0. The molecule has 0 saturated heterocycles. The Labute approximate surface area is 126 Å². The molecule has 0 atom stereocenters. The monoisotopic (exact) mass is 282 g/mol. The van der Waals surface area contributed by atoms with Crippen molar-refractivity contribution in [3.63, 3.8) is 0 Å². The molecule has 0 bridgehead atoms. The summed E-state index contributed by atoms with van der Waals surface area (Å²) in [6.07, 6.45) is 4.98. The Bertz CT molecular complexity index is 108. The Morgan fingerprint density at radius 1 is 0.789 bits per heavy atom. The van der Waals surface area contributed by atoms with E-state index in [1.165, 1.54) is 25.7 Å². The lowest BCUT2D eigenvalue weighted by atomic mass is 9.92. The van der Waals surface area contributed by atoms with Crippen LogP contribution in [0.15, 0.2) is 0 Å². The molecule has 0 radical (unpaired) electrons. The van der Waals surface area contributed by atoms with Gasteiger partial charge in [0.1, 0.15) is 0 Å². The van der Waals surface area contributed by atoms with Crippen LogP contribution in [0.25, 0.3) is 0 Å². The molecule has 0 unspecified atom stereocenters. The van der Waals surface area contributed by atoms with E-state index in [4.69, 9.17) is 9.47 Å². The van der Waals surface area contributed by atoms with Gasteiger partial charge in [-0.15, -0.1) is 0 Å². The van der Waals surface area contributed by atoms with Crippen LogP contribution in [0, 0.1) is 5.41 Å². The summed E-state index contributed by atoms with van der Waals surface area (Å²) in [6.45, 7) is 10.6. The highest BCUT2D eigenvalue weighted by Crippen LogP contribution is 2.18. The van der Waals surface area contributed by atoms with E-state index in [9.17, 15) is 0 Å². The molecule has 0 saturated carbocycles. The maximum absolute atomic E-state index is 5.00. The first kappa shape index (κ1) is 36.4. The molecular formula is C17H46O2. The van der Waals surface area contributed by atoms with Crippen LogP contribution in [-0.2, 0) is 9.47 Å². The highest BCUT2D eigenvalue weighted by atomic mass is 16.5. The molecule has 0 N–H and O–H groups in total. The van der Waals surface area contributed by atoms with Crippen LogP contribution in [0.4, 0.5) is 0 Å². The van der Waals surface area contributed by atoms with E-state index in [-0.39, 0.29) is 29.7 Å². The molecule has 0 aromatic heterocycles. The Balaban J connectivity index is -0.0000000369. The fraction of sp³-hybridized carbons (Fsp3) is 1.00. The molecule has 0 fully saturated rings. The van der Waals surface area contributed by atoms with Crippen molar-refractivity contribution in [3.8, 4) is 0 Å². The Morgan fingerprint density at radius 2 is 1.26 bits per heavy atom. The maximum atomic E-state index is 5.00. The zero-order chi connectivity index (χ0) is 12.2. The predicted molar refractivity (Wildman–Crippen MR) is 94.3 cm³/mol. The summed E-state index contributed by atoms with van der Waals surface area (Å²) < 4.78 is 9.84. The average molecular weight is 283 g/mol. The molecule has 0 aromatic rings. The van der Waals surface area contributed by atoms with Crippen LogP contribution in [0.1, 0.15) is 83.1 Å². The SMILES string of the molecule is C.C.C.C.CCC(C)(C)COC.CCCCCOC. The van der Waals surface area contributed by atoms with Crippen molar-refractivity contribution in [2.45, 2.75) is 83.1 Å². The van der Waals surface area contributed by atoms with Gasteiger partial charge >= 0.3 is 0 Å². The van der Waals surface area contributed by atoms with Crippen LogP contribution >= 0.6 is 0 Å². The Kier molecular flexibility index (Phi) is 50.7. The van der Waals surface area contributed by atoms with Gasteiger partial charge in [0, 0.05) is 20.8 Å². The van der Waals surface area contributed by atoms with Crippen LogP contribution in [0.3, 0.4) is 0 Å². The van der Waals surface area contributed by atoms with Gasteiger partial charge in [0.2, 0.25) is 0 Å². The molecule has 126 valence electrons. The largest absolute Gasteiger partial charge is 0.385 e. The zero-order valence-corrected chi connectivity index (χ0v) is 11.6. The van der Waals surface area contributed by atoms with E-state index < -0.39 is 0 Å². The lowest BCUT2D eigenvalue weighted by molar-refractivity contribution is 0.102. The molecular weight excluding hydrogens is 236 g/mol.